The maximum absolute atomic E-state index is 13.3. The summed E-state index contributed by atoms with van der Waals surface area (Å²) >= 11 is 0. The van der Waals surface area contributed by atoms with E-state index >= 15 is 0 Å². The van der Waals surface area contributed by atoms with Crippen LogP contribution in [0.3, 0.4) is 0 Å². The molecule has 172 valence electrons. The van der Waals surface area contributed by atoms with Gasteiger partial charge in [0.05, 0.1) is 30.8 Å². The first-order valence-corrected chi connectivity index (χ1v) is 10.6. The number of hydrogen-bond donors (Lipinski definition) is 0. The Balaban J connectivity index is 1.78. The number of benzene rings is 2. The van der Waals surface area contributed by atoms with E-state index in [9.17, 15) is 23.1 Å². The minimum absolute atomic E-state index is 0.108. The van der Waals surface area contributed by atoms with E-state index in [4.69, 9.17) is 13.7 Å². The Kier molecular flexibility index (Phi) is 6.00. The van der Waals surface area contributed by atoms with Gasteiger partial charge in [0.1, 0.15) is 18.9 Å². The third-order valence-electron chi connectivity index (χ3n) is 4.91. The molecule has 33 heavy (non-hydrogen) atoms. The molecule has 0 fully saturated rings. The van der Waals surface area contributed by atoms with Crippen LogP contribution in [0.2, 0.25) is 0 Å². The van der Waals surface area contributed by atoms with Crippen molar-refractivity contribution >= 4 is 27.8 Å². The van der Waals surface area contributed by atoms with Crippen LogP contribution in [0.4, 0.5) is 13.2 Å². The van der Waals surface area contributed by atoms with Gasteiger partial charge in [-0.05, 0) is 11.6 Å². The number of carboxylic acid groups (broad SMARTS) is 1. The SMILES string of the molecule is COc1cc2ncn(-c3ccc(C(=O)[O-])[s+]3OCc3ccccc3C(F)(F)F)c2cc1OC. The number of rotatable bonds is 7. The third-order valence-corrected chi connectivity index (χ3v) is 6.68. The van der Waals surface area contributed by atoms with Crippen LogP contribution in [0.5, 0.6) is 11.5 Å². The van der Waals surface area contributed by atoms with Crippen LogP contribution < -0.4 is 18.8 Å². The van der Waals surface area contributed by atoms with Crippen molar-refractivity contribution in [3.8, 4) is 16.5 Å². The van der Waals surface area contributed by atoms with Crippen LogP contribution in [0.1, 0.15) is 20.8 Å². The number of thiophene rings is 1. The second kappa shape index (κ2) is 8.75. The van der Waals surface area contributed by atoms with Crippen LogP contribution >= 0.6 is 10.8 Å². The first-order chi connectivity index (χ1) is 15.7. The number of carbonyl (C=O) groups is 1. The summed E-state index contributed by atoms with van der Waals surface area (Å²) in [6.07, 6.45) is -3.10. The van der Waals surface area contributed by atoms with Crippen molar-refractivity contribution in [3.63, 3.8) is 0 Å². The van der Waals surface area contributed by atoms with Gasteiger partial charge < -0.3 is 19.4 Å². The van der Waals surface area contributed by atoms with Crippen molar-refractivity contribution in [1.29, 1.82) is 0 Å². The number of imidazole rings is 1. The number of aromatic carboxylic acids is 1. The van der Waals surface area contributed by atoms with Crippen LogP contribution in [-0.2, 0) is 12.8 Å². The number of methoxy groups -OCH3 is 2. The van der Waals surface area contributed by atoms with Crippen LogP contribution in [0.25, 0.3) is 16.0 Å². The summed E-state index contributed by atoms with van der Waals surface area (Å²) in [7, 11) is 1.43. The number of halogens is 3. The first-order valence-electron chi connectivity index (χ1n) is 9.50. The van der Waals surface area contributed by atoms with Crippen LogP contribution in [0.15, 0.2) is 54.9 Å². The van der Waals surface area contributed by atoms with E-state index in [1.54, 1.807) is 16.7 Å². The fraction of sp³-hybridized carbons (Fsp3) is 0.182. The molecule has 0 aliphatic rings. The minimum atomic E-state index is -4.57. The smallest absolute Gasteiger partial charge is 0.416 e. The highest BCUT2D eigenvalue weighted by Crippen LogP contribution is 2.38. The van der Waals surface area contributed by atoms with Crippen LogP contribution in [0, 0.1) is 0 Å². The average molecular weight is 478 g/mol. The second-order valence-electron chi connectivity index (χ2n) is 6.82. The number of ether oxygens (including phenoxy) is 2. The van der Waals surface area contributed by atoms with Crippen LogP contribution in [-0.4, -0.2) is 29.7 Å². The number of carboxylic acids is 1. The number of carbonyl (C=O) groups excluding carboxylic acids is 1. The summed E-state index contributed by atoms with van der Waals surface area (Å²) in [5, 5.41) is 12.1. The Morgan fingerprint density at radius 3 is 2.45 bits per heavy atom. The van der Waals surface area contributed by atoms with Gasteiger partial charge in [0.15, 0.2) is 22.2 Å². The zero-order valence-corrected chi connectivity index (χ0v) is 18.2. The number of aromatic nitrogens is 2. The molecule has 0 bridgehead atoms. The predicted octanol–water partition coefficient (Wildman–Crippen LogP) is 3.80. The number of alkyl halides is 3. The van der Waals surface area contributed by atoms with Crippen molar-refractivity contribution in [2.45, 2.75) is 12.8 Å². The lowest BCUT2D eigenvalue weighted by molar-refractivity contribution is -0.254. The Morgan fingerprint density at radius 2 is 1.79 bits per heavy atom. The van der Waals surface area contributed by atoms with Gasteiger partial charge in [0.2, 0.25) is 4.88 Å². The Labute approximate surface area is 188 Å². The predicted molar refractivity (Wildman–Crippen MR) is 113 cm³/mol. The maximum atomic E-state index is 13.3. The number of fused-ring (bicyclic) bond motifs is 1. The second-order valence-corrected chi connectivity index (χ2v) is 8.45. The zero-order valence-electron chi connectivity index (χ0n) is 17.4. The van der Waals surface area contributed by atoms with Crippen molar-refractivity contribution in [1.82, 2.24) is 9.55 Å². The zero-order chi connectivity index (χ0) is 23.8. The fourth-order valence-electron chi connectivity index (χ4n) is 3.38. The van der Waals surface area contributed by atoms with Crippen molar-refractivity contribution < 1.29 is 36.7 Å². The fourth-order valence-corrected chi connectivity index (χ4v) is 4.95. The van der Waals surface area contributed by atoms with E-state index in [2.05, 4.69) is 4.98 Å². The highest BCUT2D eigenvalue weighted by Gasteiger charge is 2.34. The standard InChI is InChI=1S/C22H17F3N2O5S/c1-30-17-9-15-16(10-18(17)31-2)27(12-26-15)20-8-7-19(21(28)29)33(20)32-11-13-5-3-4-6-14(13)22(23,24)25/h3-10,12H,11H2,1-2H3. The summed E-state index contributed by atoms with van der Waals surface area (Å²) in [5.74, 6) is -0.584. The molecule has 2 heterocycles. The summed E-state index contributed by atoms with van der Waals surface area (Å²) in [6, 6.07) is 11.1. The lowest BCUT2D eigenvalue weighted by Gasteiger charge is -2.11. The maximum Gasteiger partial charge on any atom is 0.416 e. The Bertz CT molecular complexity index is 1330. The lowest BCUT2D eigenvalue weighted by Crippen LogP contribution is -2.22. The monoisotopic (exact) mass is 478 g/mol. The Morgan fingerprint density at radius 1 is 1.09 bits per heavy atom. The number of hydrogen-bond acceptors (Lipinski definition) is 6. The van der Waals surface area contributed by atoms with Gasteiger partial charge in [-0.3, -0.25) is 4.57 Å². The van der Waals surface area contributed by atoms with Gasteiger partial charge in [-0.15, -0.1) is 4.18 Å². The van der Waals surface area contributed by atoms with Gasteiger partial charge in [-0.2, -0.15) is 13.2 Å². The largest absolute Gasteiger partial charge is 0.540 e. The molecule has 0 saturated carbocycles. The van der Waals surface area contributed by atoms with Crippen molar-refractivity contribution in [3.05, 3.63) is 70.9 Å². The molecular formula is C22H17F3N2O5S. The molecule has 11 heteroatoms. The summed E-state index contributed by atoms with van der Waals surface area (Å²) < 4.78 is 58.0. The molecule has 0 amide bonds. The van der Waals surface area contributed by atoms with Gasteiger partial charge in [0, 0.05) is 24.3 Å². The van der Waals surface area contributed by atoms with E-state index in [0.29, 0.717) is 27.5 Å². The van der Waals surface area contributed by atoms with Gasteiger partial charge in [0.25, 0.3) is 5.00 Å². The van der Waals surface area contributed by atoms with E-state index in [-0.39, 0.29) is 10.4 Å². The molecule has 0 aliphatic heterocycles. The van der Waals surface area contributed by atoms with E-state index in [1.165, 1.54) is 50.9 Å². The molecule has 7 nitrogen and oxygen atoms in total. The van der Waals surface area contributed by atoms with E-state index in [1.807, 2.05) is 0 Å². The molecule has 4 aromatic rings. The first kappa shape index (κ1) is 22.6. The molecule has 1 atom stereocenters. The summed E-state index contributed by atoms with van der Waals surface area (Å²) in [5.41, 5.74) is 0.163. The highest BCUT2D eigenvalue weighted by atomic mass is 32.2. The van der Waals surface area contributed by atoms with Gasteiger partial charge in [-0.1, -0.05) is 18.2 Å². The quantitative estimate of drug-likeness (QED) is 0.376. The van der Waals surface area contributed by atoms with Crippen molar-refractivity contribution in [2.24, 2.45) is 0 Å². The van der Waals surface area contributed by atoms with Gasteiger partial charge in [-0.25, -0.2) is 4.98 Å². The molecular weight excluding hydrogens is 461 g/mol. The molecule has 0 saturated heterocycles. The average Bonchev–Trinajstić information content (AvgIpc) is 3.39. The number of nitrogens with zero attached hydrogens (tertiary/aromatic N) is 2. The molecule has 4 rings (SSSR count). The van der Waals surface area contributed by atoms with Gasteiger partial charge >= 0.3 is 6.18 Å². The summed E-state index contributed by atoms with van der Waals surface area (Å²) in [4.78, 5) is 15.8. The van der Waals surface area contributed by atoms with E-state index < -0.39 is 35.1 Å². The molecule has 0 aliphatic carbocycles. The van der Waals surface area contributed by atoms with Crippen molar-refractivity contribution in [2.75, 3.05) is 14.2 Å². The molecule has 1 unspecified atom stereocenters. The molecule has 2 aromatic heterocycles. The molecule has 0 N–H and O–H groups in total. The normalized spacial score (nSPS) is 12.2. The Hall–Kier alpha value is -3.57. The summed E-state index contributed by atoms with van der Waals surface area (Å²) in [6.45, 7) is -0.454. The lowest BCUT2D eigenvalue weighted by atomic mass is 10.1. The van der Waals surface area contributed by atoms with E-state index in [0.717, 1.165) is 6.07 Å². The topological polar surface area (TPSA) is 85.6 Å². The minimum Gasteiger partial charge on any atom is -0.540 e. The molecule has 0 radical (unpaired) electrons. The molecule has 2 aromatic carbocycles. The highest BCUT2D eigenvalue weighted by molar-refractivity contribution is 7.30. The molecule has 0 spiro atoms. The third kappa shape index (κ3) is 4.24.